The zero-order valence-corrected chi connectivity index (χ0v) is 12.8. The summed E-state index contributed by atoms with van der Waals surface area (Å²) in [5.74, 6) is 0.147. The molecule has 4 heteroatoms. The summed E-state index contributed by atoms with van der Waals surface area (Å²) < 4.78 is 38.0. The fraction of sp³-hybridized carbons (Fsp3) is 0.647. The maximum atomic E-state index is 12.7. The first kappa shape index (κ1) is 16.3. The molecule has 1 N–H and O–H groups in total. The van der Waals surface area contributed by atoms with E-state index in [1.165, 1.54) is 6.07 Å². The number of aliphatic hydroxyl groups is 1. The first-order valence-electron chi connectivity index (χ1n) is 7.46. The summed E-state index contributed by atoms with van der Waals surface area (Å²) in [5.41, 5.74) is 0.807. The van der Waals surface area contributed by atoms with E-state index in [0.29, 0.717) is 16.5 Å². The molecule has 1 unspecified atom stereocenters. The smallest absolute Gasteiger partial charge is 0.388 e. The van der Waals surface area contributed by atoms with Crippen LogP contribution < -0.4 is 0 Å². The molecule has 1 atom stereocenters. The lowest BCUT2D eigenvalue weighted by molar-refractivity contribution is -0.137. The molecule has 0 spiro atoms. The predicted octanol–water partition coefficient (Wildman–Crippen LogP) is 5.26. The van der Waals surface area contributed by atoms with Gasteiger partial charge in [0.1, 0.15) is 0 Å². The molecule has 1 aliphatic carbocycles. The Labute approximate surface area is 124 Å². The van der Waals surface area contributed by atoms with Gasteiger partial charge in [-0.15, -0.1) is 0 Å². The van der Waals surface area contributed by atoms with Crippen molar-refractivity contribution in [2.45, 2.75) is 58.7 Å². The SMILES string of the molecule is Cc1cc(C(F)(F)F)ccc1C(O)C1CCC(C)(C)CC1. The largest absolute Gasteiger partial charge is 0.416 e. The van der Waals surface area contributed by atoms with Gasteiger partial charge in [-0.05, 0) is 67.2 Å². The Morgan fingerprint density at radius 1 is 1.19 bits per heavy atom. The Morgan fingerprint density at radius 2 is 1.76 bits per heavy atom. The van der Waals surface area contributed by atoms with Crippen molar-refractivity contribution < 1.29 is 18.3 Å². The van der Waals surface area contributed by atoms with Crippen LogP contribution in [0.5, 0.6) is 0 Å². The molecule has 0 aromatic heterocycles. The van der Waals surface area contributed by atoms with Crippen LogP contribution in [0.3, 0.4) is 0 Å². The summed E-state index contributed by atoms with van der Waals surface area (Å²) in [7, 11) is 0. The fourth-order valence-electron chi connectivity index (χ4n) is 3.18. The third-order valence-corrected chi connectivity index (χ3v) is 4.75. The van der Waals surface area contributed by atoms with Crippen LogP contribution in [0.25, 0.3) is 0 Å². The summed E-state index contributed by atoms with van der Waals surface area (Å²) in [4.78, 5) is 0. The highest BCUT2D eigenvalue weighted by atomic mass is 19.4. The second kappa shape index (κ2) is 5.64. The summed E-state index contributed by atoms with van der Waals surface area (Å²) in [5, 5.41) is 10.5. The lowest BCUT2D eigenvalue weighted by Crippen LogP contribution is -2.25. The average Bonchev–Trinajstić information content (AvgIpc) is 2.36. The van der Waals surface area contributed by atoms with Gasteiger partial charge in [0.2, 0.25) is 0 Å². The van der Waals surface area contributed by atoms with E-state index in [1.807, 2.05) is 0 Å². The van der Waals surface area contributed by atoms with Crippen LogP contribution in [0.1, 0.15) is 62.3 Å². The molecular weight excluding hydrogens is 277 g/mol. The van der Waals surface area contributed by atoms with Crippen molar-refractivity contribution in [3.63, 3.8) is 0 Å². The number of alkyl halides is 3. The number of aliphatic hydroxyl groups excluding tert-OH is 1. The Balaban J connectivity index is 2.15. The first-order valence-corrected chi connectivity index (χ1v) is 7.46. The summed E-state index contributed by atoms with van der Waals surface area (Å²) in [6.07, 6.45) is -1.04. The average molecular weight is 300 g/mol. The van der Waals surface area contributed by atoms with Crippen LogP contribution in [-0.4, -0.2) is 5.11 Å². The van der Waals surface area contributed by atoms with Gasteiger partial charge in [0.15, 0.2) is 0 Å². The van der Waals surface area contributed by atoms with E-state index in [-0.39, 0.29) is 5.92 Å². The van der Waals surface area contributed by atoms with E-state index in [0.717, 1.165) is 37.8 Å². The van der Waals surface area contributed by atoms with Gasteiger partial charge in [-0.1, -0.05) is 19.9 Å². The molecule has 2 rings (SSSR count). The lowest BCUT2D eigenvalue weighted by Gasteiger charge is -2.36. The van der Waals surface area contributed by atoms with Crippen molar-refractivity contribution in [2.24, 2.45) is 11.3 Å². The first-order chi connectivity index (χ1) is 9.60. The maximum absolute atomic E-state index is 12.7. The third kappa shape index (κ3) is 3.79. The molecule has 0 radical (unpaired) electrons. The number of benzene rings is 1. The zero-order valence-electron chi connectivity index (χ0n) is 12.8. The molecule has 0 saturated heterocycles. The van der Waals surface area contributed by atoms with Crippen molar-refractivity contribution in [3.05, 3.63) is 34.9 Å². The van der Waals surface area contributed by atoms with Crippen LogP contribution in [0, 0.1) is 18.3 Å². The Bertz CT molecular complexity index is 495. The Kier molecular flexibility index (Phi) is 4.39. The minimum Gasteiger partial charge on any atom is -0.388 e. The van der Waals surface area contributed by atoms with Gasteiger partial charge in [-0.2, -0.15) is 13.2 Å². The van der Waals surface area contributed by atoms with Gasteiger partial charge in [-0.3, -0.25) is 0 Å². The maximum Gasteiger partial charge on any atom is 0.416 e. The standard InChI is InChI=1S/C17H23F3O/c1-11-10-13(17(18,19)20)4-5-14(11)15(21)12-6-8-16(2,3)9-7-12/h4-5,10,12,15,21H,6-9H2,1-3H3. The van der Waals surface area contributed by atoms with Crippen LogP contribution in [0.4, 0.5) is 13.2 Å². The van der Waals surface area contributed by atoms with Gasteiger partial charge < -0.3 is 5.11 Å². The second-order valence-electron chi connectivity index (χ2n) is 7.02. The number of rotatable bonds is 2. The normalized spacial score (nSPS) is 21.3. The van der Waals surface area contributed by atoms with E-state index >= 15 is 0 Å². The zero-order chi connectivity index (χ0) is 15.8. The van der Waals surface area contributed by atoms with Gasteiger partial charge in [0.05, 0.1) is 11.7 Å². The number of hydrogen-bond donors (Lipinski definition) is 1. The number of hydrogen-bond acceptors (Lipinski definition) is 1. The monoisotopic (exact) mass is 300 g/mol. The highest BCUT2D eigenvalue weighted by Crippen LogP contribution is 2.43. The van der Waals surface area contributed by atoms with Gasteiger partial charge >= 0.3 is 6.18 Å². The van der Waals surface area contributed by atoms with Crippen molar-refractivity contribution in [3.8, 4) is 0 Å². The van der Waals surface area contributed by atoms with Crippen molar-refractivity contribution in [2.75, 3.05) is 0 Å². The molecule has 1 saturated carbocycles. The van der Waals surface area contributed by atoms with E-state index in [2.05, 4.69) is 13.8 Å². The topological polar surface area (TPSA) is 20.2 Å². The van der Waals surface area contributed by atoms with Crippen LogP contribution in [-0.2, 0) is 6.18 Å². The van der Waals surface area contributed by atoms with Crippen LogP contribution in [0.2, 0.25) is 0 Å². The van der Waals surface area contributed by atoms with Crippen molar-refractivity contribution >= 4 is 0 Å². The Morgan fingerprint density at radius 3 is 2.24 bits per heavy atom. The molecule has 1 nitrogen and oxygen atoms in total. The van der Waals surface area contributed by atoms with Crippen molar-refractivity contribution in [1.82, 2.24) is 0 Å². The molecule has 0 aliphatic heterocycles. The number of aryl methyl sites for hydroxylation is 1. The quantitative estimate of drug-likeness (QED) is 0.789. The summed E-state index contributed by atoms with van der Waals surface area (Å²) in [6, 6.07) is 3.63. The summed E-state index contributed by atoms with van der Waals surface area (Å²) in [6.45, 7) is 6.08. The molecule has 21 heavy (non-hydrogen) atoms. The minimum absolute atomic E-state index is 0.147. The van der Waals surface area contributed by atoms with Gasteiger partial charge in [-0.25, -0.2) is 0 Å². The molecule has 1 aliphatic rings. The second-order valence-corrected chi connectivity index (χ2v) is 7.02. The summed E-state index contributed by atoms with van der Waals surface area (Å²) >= 11 is 0. The highest BCUT2D eigenvalue weighted by Gasteiger charge is 2.34. The molecule has 1 aromatic rings. The molecule has 0 heterocycles. The van der Waals surface area contributed by atoms with Gasteiger partial charge in [0.25, 0.3) is 0 Å². The Hall–Kier alpha value is -1.03. The minimum atomic E-state index is -4.33. The predicted molar refractivity (Wildman–Crippen MR) is 76.9 cm³/mol. The molecular formula is C17H23F3O. The molecule has 0 amide bonds. The third-order valence-electron chi connectivity index (χ3n) is 4.75. The number of halogens is 3. The molecule has 1 aromatic carbocycles. The van der Waals surface area contributed by atoms with Gasteiger partial charge in [0, 0.05) is 0 Å². The van der Waals surface area contributed by atoms with Crippen LogP contribution >= 0.6 is 0 Å². The van der Waals surface area contributed by atoms with E-state index in [9.17, 15) is 18.3 Å². The molecule has 118 valence electrons. The molecule has 1 fully saturated rings. The lowest BCUT2D eigenvalue weighted by atomic mass is 9.70. The highest BCUT2D eigenvalue weighted by molar-refractivity contribution is 5.34. The molecule has 0 bridgehead atoms. The fourth-order valence-corrected chi connectivity index (χ4v) is 3.18. The van der Waals surface area contributed by atoms with E-state index < -0.39 is 17.8 Å². The van der Waals surface area contributed by atoms with E-state index in [1.54, 1.807) is 6.92 Å². The van der Waals surface area contributed by atoms with E-state index in [4.69, 9.17) is 0 Å². The van der Waals surface area contributed by atoms with Crippen LogP contribution in [0.15, 0.2) is 18.2 Å². The van der Waals surface area contributed by atoms with Crippen molar-refractivity contribution in [1.29, 1.82) is 0 Å².